The molecule has 1 aromatic heterocycles. The fraction of sp³-hybridized carbons (Fsp3) is 0.192. The van der Waals surface area contributed by atoms with E-state index in [0.717, 1.165) is 5.56 Å². The summed E-state index contributed by atoms with van der Waals surface area (Å²) in [5, 5.41) is 23.4. The van der Waals surface area contributed by atoms with Gasteiger partial charge in [-0.1, -0.05) is 42.1 Å². The van der Waals surface area contributed by atoms with Crippen LogP contribution in [0.1, 0.15) is 34.7 Å². The number of nitrogens with one attached hydrogen (secondary N) is 1. The third-order valence-corrected chi connectivity index (χ3v) is 6.54. The summed E-state index contributed by atoms with van der Waals surface area (Å²) in [7, 11) is 3.03. The Morgan fingerprint density at radius 2 is 1.68 bits per heavy atom. The number of methoxy groups -OCH3 is 2. The largest absolute Gasteiger partial charge is 0.497 e. The van der Waals surface area contributed by atoms with E-state index in [1.165, 1.54) is 38.1 Å². The lowest BCUT2D eigenvalue weighted by molar-refractivity contribution is -0.384. The van der Waals surface area contributed by atoms with Crippen LogP contribution in [-0.2, 0) is 5.75 Å². The van der Waals surface area contributed by atoms with Crippen molar-refractivity contribution in [2.45, 2.75) is 23.9 Å². The molecular formula is C26H25N5O5S. The van der Waals surface area contributed by atoms with Crippen LogP contribution in [0, 0.1) is 10.1 Å². The first-order valence-electron chi connectivity index (χ1n) is 11.3. The van der Waals surface area contributed by atoms with E-state index in [4.69, 9.17) is 9.47 Å². The van der Waals surface area contributed by atoms with E-state index >= 15 is 0 Å². The lowest BCUT2D eigenvalue weighted by atomic mass is 10.1. The highest BCUT2D eigenvalue weighted by atomic mass is 32.2. The van der Waals surface area contributed by atoms with E-state index in [1.54, 1.807) is 41.8 Å². The highest BCUT2D eigenvalue weighted by molar-refractivity contribution is 7.98. The van der Waals surface area contributed by atoms with Crippen LogP contribution in [0.2, 0.25) is 0 Å². The number of nitro groups is 1. The van der Waals surface area contributed by atoms with Gasteiger partial charge in [-0.3, -0.25) is 19.5 Å². The highest BCUT2D eigenvalue weighted by Gasteiger charge is 2.23. The quantitative estimate of drug-likeness (QED) is 0.177. The molecule has 1 N–H and O–H groups in total. The van der Waals surface area contributed by atoms with Gasteiger partial charge < -0.3 is 14.8 Å². The van der Waals surface area contributed by atoms with Crippen LogP contribution in [0.4, 0.5) is 5.69 Å². The number of carbonyl (C=O) groups excluding carboxylic acids is 1. The van der Waals surface area contributed by atoms with Crippen molar-refractivity contribution in [2.24, 2.45) is 0 Å². The zero-order chi connectivity index (χ0) is 26.4. The molecule has 10 nitrogen and oxygen atoms in total. The van der Waals surface area contributed by atoms with Gasteiger partial charge >= 0.3 is 0 Å². The number of rotatable bonds is 10. The summed E-state index contributed by atoms with van der Waals surface area (Å²) in [5.74, 6) is 1.77. The Labute approximate surface area is 217 Å². The maximum absolute atomic E-state index is 13.1. The molecule has 4 aromatic rings. The van der Waals surface area contributed by atoms with Crippen LogP contribution in [0.3, 0.4) is 0 Å². The average Bonchev–Trinajstić information content (AvgIpc) is 3.36. The first-order chi connectivity index (χ1) is 17.9. The lowest BCUT2D eigenvalue weighted by Crippen LogP contribution is -2.28. The van der Waals surface area contributed by atoms with Crippen molar-refractivity contribution in [3.05, 3.63) is 99.9 Å². The van der Waals surface area contributed by atoms with Crippen molar-refractivity contribution in [1.82, 2.24) is 20.1 Å². The van der Waals surface area contributed by atoms with Gasteiger partial charge in [-0.05, 0) is 36.8 Å². The Balaban J connectivity index is 1.64. The Kier molecular flexibility index (Phi) is 8.04. The van der Waals surface area contributed by atoms with E-state index in [2.05, 4.69) is 15.5 Å². The summed E-state index contributed by atoms with van der Waals surface area (Å²) >= 11 is 1.48. The minimum atomic E-state index is -0.543. The molecule has 0 aliphatic rings. The number of thioether (sulfide) groups is 1. The average molecular weight is 520 g/mol. The Morgan fingerprint density at radius 1 is 1.03 bits per heavy atom. The van der Waals surface area contributed by atoms with Crippen LogP contribution >= 0.6 is 11.8 Å². The maximum Gasteiger partial charge on any atom is 0.269 e. The molecule has 4 rings (SSSR count). The predicted molar refractivity (Wildman–Crippen MR) is 139 cm³/mol. The lowest BCUT2D eigenvalue weighted by Gasteiger charge is -2.17. The molecule has 1 amide bonds. The number of nitro benzene ring substituents is 1. The zero-order valence-corrected chi connectivity index (χ0v) is 21.3. The van der Waals surface area contributed by atoms with Crippen molar-refractivity contribution < 1.29 is 19.2 Å². The monoisotopic (exact) mass is 519 g/mol. The minimum Gasteiger partial charge on any atom is -0.497 e. The van der Waals surface area contributed by atoms with Crippen LogP contribution in [0.25, 0.3) is 5.69 Å². The van der Waals surface area contributed by atoms with Crippen LogP contribution < -0.4 is 14.8 Å². The van der Waals surface area contributed by atoms with Crippen molar-refractivity contribution in [3.63, 3.8) is 0 Å². The third-order valence-electron chi connectivity index (χ3n) is 5.54. The van der Waals surface area contributed by atoms with Gasteiger partial charge in [0, 0.05) is 35.2 Å². The second-order valence-corrected chi connectivity index (χ2v) is 8.96. The number of carbonyl (C=O) groups is 1. The molecule has 11 heteroatoms. The van der Waals surface area contributed by atoms with Gasteiger partial charge in [-0.25, -0.2) is 0 Å². The molecule has 0 saturated heterocycles. The summed E-state index contributed by atoms with van der Waals surface area (Å²) in [6, 6.07) is 20.4. The fourth-order valence-corrected chi connectivity index (χ4v) is 4.54. The van der Waals surface area contributed by atoms with Gasteiger partial charge in [0.15, 0.2) is 11.0 Å². The summed E-state index contributed by atoms with van der Waals surface area (Å²) in [4.78, 5) is 23.8. The van der Waals surface area contributed by atoms with Crippen LogP contribution in [0.15, 0.2) is 78.0 Å². The first-order valence-corrected chi connectivity index (χ1v) is 12.3. The SMILES string of the molecule is COc1cc(OC)cc(C(=O)NC(C)c2nnc(SCc3ccccc3)n2-c2ccc([N+](=O)[O-])cc2)c1. The minimum absolute atomic E-state index is 0.0230. The van der Waals surface area contributed by atoms with Crippen molar-refractivity contribution in [1.29, 1.82) is 0 Å². The molecule has 3 aromatic carbocycles. The summed E-state index contributed by atoms with van der Waals surface area (Å²) in [6.07, 6.45) is 0. The third kappa shape index (κ3) is 6.07. The Morgan fingerprint density at radius 3 is 2.27 bits per heavy atom. The maximum atomic E-state index is 13.1. The first kappa shape index (κ1) is 25.7. The number of ether oxygens (including phenoxy) is 2. The predicted octanol–water partition coefficient (Wildman–Crippen LogP) is 4.98. The molecule has 1 unspecified atom stereocenters. The normalized spacial score (nSPS) is 11.5. The molecule has 0 saturated carbocycles. The second kappa shape index (κ2) is 11.6. The topological polar surface area (TPSA) is 121 Å². The van der Waals surface area contributed by atoms with Crippen LogP contribution in [0.5, 0.6) is 11.5 Å². The van der Waals surface area contributed by atoms with E-state index in [0.29, 0.717) is 39.5 Å². The molecule has 190 valence electrons. The second-order valence-electron chi connectivity index (χ2n) is 8.02. The summed E-state index contributed by atoms with van der Waals surface area (Å²) in [6.45, 7) is 1.80. The number of hydrogen-bond donors (Lipinski definition) is 1. The molecule has 37 heavy (non-hydrogen) atoms. The number of benzene rings is 3. The molecule has 1 heterocycles. The Bertz CT molecular complexity index is 1370. The fourth-order valence-electron chi connectivity index (χ4n) is 3.63. The standard InChI is InChI=1S/C26H25N5O5S/c1-17(27-25(32)19-13-22(35-2)15-23(14-19)36-3)24-28-29-26(37-16-18-7-5-4-6-8-18)30(24)20-9-11-21(12-10-20)31(33)34/h4-15,17H,16H2,1-3H3,(H,27,32). The van der Waals surface area contributed by atoms with Gasteiger partial charge in [0.2, 0.25) is 0 Å². The van der Waals surface area contributed by atoms with E-state index in [1.807, 2.05) is 30.3 Å². The Hall–Kier alpha value is -4.38. The van der Waals surface area contributed by atoms with Crippen LogP contribution in [-0.4, -0.2) is 39.8 Å². The molecular weight excluding hydrogens is 494 g/mol. The van der Waals surface area contributed by atoms with Crippen molar-refractivity contribution >= 4 is 23.4 Å². The van der Waals surface area contributed by atoms with E-state index < -0.39 is 11.0 Å². The van der Waals surface area contributed by atoms with Gasteiger partial charge in [0.1, 0.15) is 11.5 Å². The molecule has 0 radical (unpaired) electrons. The smallest absolute Gasteiger partial charge is 0.269 e. The molecule has 0 bridgehead atoms. The van der Waals surface area contributed by atoms with E-state index in [-0.39, 0.29) is 11.6 Å². The van der Waals surface area contributed by atoms with Crippen molar-refractivity contribution in [3.8, 4) is 17.2 Å². The number of aromatic nitrogens is 3. The highest BCUT2D eigenvalue weighted by Crippen LogP contribution is 2.29. The van der Waals surface area contributed by atoms with Gasteiger partial charge in [-0.15, -0.1) is 10.2 Å². The molecule has 0 fully saturated rings. The molecule has 0 aliphatic heterocycles. The van der Waals surface area contributed by atoms with Gasteiger partial charge in [0.25, 0.3) is 11.6 Å². The number of non-ortho nitro benzene ring substituents is 1. The zero-order valence-electron chi connectivity index (χ0n) is 20.5. The molecule has 1 atom stereocenters. The molecule has 0 aliphatic carbocycles. The summed E-state index contributed by atoms with van der Waals surface area (Å²) in [5.41, 5.74) is 2.10. The van der Waals surface area contributed by atoms with E-state index in [9.17, 15) is 14.9 Å². The number of amides is 1. The molecule has 0 spiro atoms. The van der Waals surface area contributed by atoms with Gasteiger partial charge in [0.05, 0.1) is 25.2 Å². The number of hydrogen-bond acceptors (Lipinski definition) is 8. The van der Waals surface area contributed by atoms with Crippen molar-refractivity contribution in [2.75, 3.05) is 14.2 Å². The van der Waals surface area contributed by atoms with Gasteiger partial charge in [-0.2, -0.15) is 0 Å². The summed E-state index contributed by atoms with van der Waals surface area (Å²) < 4.78 is 12.3. The number of nitrogens with zero attached hydrogens (tertiary/aromatic N) is 4.